The highest BCUT2D eigenvalue weighted by Gasteiger charge is 2.28. The van der Waals surface area contributed by atoms with Crippen molar-refractivity contribution in [2.24, 2.45) is 16.8 Å². The number of nitrogens with zero attached hydrogens (tertiary/aromatic N) is 2. The lowest BCUT2D eigenvalue weighted by molar-refractivity contribution is 0.0706. The molecule has 1 fully saturated rings. The summed E-state index contributed by atoms with van der Waals surface area (Å²) >= 11 is 7.29. The smallest absolute Gasteiger partial charge is 0.265 e. The standard InChI is InChI=1S/C11H14ClN3O2S/c12-8-3-5-18-9(8)11(16)15-4-1-2-7(6-15)10(13)14-17/h3,5,7,17H,1-2,4,6H2,(H2,13,14). The second-order valence-electron chi connectivity index (χ2n) is 4.21. The number of carbonyl (C=O) groups is 1. The summed E-state index contributed by atoms with van der Waals surface area (Å²) in [4.78, 5) is 14.5. The molecule has 1 aliphatic heterocycles. The molecule has 1 saturated heterocycles. The lowest BCUT2D eigenvalue weighted by Gasteiger charge is -2.31. The van der Waals surface area contributed by atoms with Gasteiger partial charge in [-0.3, -0.25) is 4.79 Å². The minimum Gasteiger partial charge on any atom is -0.409 e. The van der Waals surface area contributed by atoms with Gasteiger partial charge in [0, 0.05) is 19.0 Å². The van der Waals surface area contributed by atoms with Crippen LogP contribution >= 0.6 is 22.9 Å². The van der Waals surface area contributed by atoms with Gasteiger partial charge in [-0.25, -0.2) is 0 Å². The predicted molar refractivity (Wildman–Crippen MR) is 71.4 cm³/mol. The molecule has 0 saturated carbocycles. The van der Waals surface area contributed by atoms with Crippen molar-refractivity contribution in [3.8, 4) is 0 Å². The molecular weight excluding hydrogens is 274 g/mol. The molecule has 0 radical (unpaired) electrons. The molecule has 0 bridgehead atoms. The summed E-state index contributed by atoms with van der Waals surface area (Å²) in [5, 5.41) is 14.0. The van der Waals surface area contributed by atoms with Gasteiger partial charge in [0.1, 0.15) is 10.7 Å². The van der Waals surface area contributed by atoms with Crippen molar-refractivity contribution in [2.45, 2.75) is 12.8 Å². The summed E-state index contributed by atoms with van der Waals surface area (Å²) in [6.45, 7) is 1.16. The van der Waals surface area contributed by atoms with E-state index in [2.05, 4.69) is 5.16 Å². The Bertz CT molecular complexity index is 475. The van der Waals surface area contributed by atoms with E-state index in [1.165, 1.54) is 11.3 Å². The Labute approximate surface area is 114 Å². The van der Waals surface area contributed by atoms with Crippen LogP contribution in [0.1, 0.15) is 22.5 Å². The van der Waals surface area contributed by atoms with Gasteiger partial charge in [0.25, 0.3) is 5.91 Å². The third-order valence-electron chi connectivity index (χ3n) is 3.05. The van der Waals surface area contributed by atoms with E-state index in [0.717, 1.165) is 12.8 Å². The maximum atomic E-state index is 12.2. The third-order valence-corrected chi connectivity index (χ3v) is 4.38. The van der Waals surface area contributed by atoms with Crippen LogP contribution in [-0.2, 0) is 0 Å². The van der Waals surface area contributed by atoms with Crippen LogP contribution in [0.25, 0.3) is 0 Å². The first-order valence-corrected chi connectivity index (χ1v) is 6.89. The van der Waals surface area contributed by atoms with Crippen LogP contribution in [0, 0.1) is 5.92 Å². The molecule has 1 atom stereocenters. The molecule has 2 rings (SSSR count). The van der Waals surface area contributed by atoms with Crippen LogP contribution in [0.3, 0.4) is 0 Å². The van der Waals surface area contributed by atoms with E-state index in [1.807, 2.05) is 0 Å². The van der Waals surface area contributed by atoms with E-state index in [-0.39, 0.29) is 17.7 Å². The number of oxime groups is 1. The molecule has 3 N–H and O–H groups in total. The Morgan fingerprint density at radius 2 is 2.44 bits per heavy atom. The highest BCUT2D eigenvalue weighted by molar-refractivity contribution is 7.12. The quantitative estimate of drug-likeness (QED) is 0.378. The molecule has 1 aliphatic rings. The van der Waals surface area contributed by atoms with Crippen molar-refractivity contribution in [3.05, 3.63) is 21.3 Å². The molecule has 2 heterocycles. The molecule has 5 nitrogen and oxygen atoms in total. The number of amides is 1. The molecule has 18 heavy (non-hydrogen) atoms. The molecule has 0 aromatic carbocycles. The Hall–Kier alpha value is -1.27. The Morgan fingerprint density at radius 3 is 3.06 bits per heavy atom. The van der Waals surface area contributed by atoms with Gasteiger partial charge < -0.3 is 15.8 Å². The Morgan fingerprint density at radius 1 is 1.67 bits per heavy atom. The highest BCUT2D eigenvalue weighted by Crippen LogP contribution is 2.26. The number of amidine groups is 1. The molecule has 1 aromatic heterocycles. The van der Waals surface area contributed by atoms with Gasteiger partial charge in [-0.1, -0.05) is 16.8 Å². The highest BCUT2D eigenvalue weighted by atomic mass is 35.5. The molecule has 1 unspecified atom stereocenters. The van der Waals surface area contributed by atoms with Crippen LogP contribution in [-0.4, -0.2) is 34.9 Å². The molecular formula is C11H14ClN3O2S. The normalized spacial score (nSPS) is 21.1. The predicted octanol–water partition coefficient (Wildman–Crippen LogP) is 2.00. The summed E-state index contributed by atoms with van der Waals surface area (Å²) in [5.74, 6) is 0.0293. The second-order valence-corrected chi connectivity index (χ2v) is 5.54. The van der Waals surface area contributed by atoms with E-state index >= 15 is 0 Å². The molecule has 0 aliphatic carbocycles. The number of halogens is 1. The second kappa shape index (κ2) is 5.58. The van der Waals surface area contributed by atoms with Crippen molar-refractivity contribution < 1.29 is 10.0 Å². The molecule has 1 aromatic rings. The molecule has 0 spiro atoms. The van der Waals surface area contributed by atoms with Crippen LogP contribution < -0.4 is 5.73 Å². The number of piperidine rings is 1. The van der Waals surface area contributed by atoms with Gasteiger partial charge in [0.15, 0.2) is 0 Å². The first kappa shape index (κ1) is 13.2. The summed E-state index contributed by atoms with van der Waals surface area (Å²) < 4.78 is 0. The lowest BCUT2D eigenvalue weighted by atomic mass is 9.97. The number of rotatable bonds is 2. The number of nitrogens with two attached hydrogens (primary N) is 1. The Kier molecular flexibility index (Phi) is 4.08. The van der Waals surface area contributed by atoms with E-state index in [9.17, 15) is 4.79 Å². The molecule has 98 valence electrons. The lowest BCUT2D eigenvalue weighted by Crippen LogP contribution is -2.44. The maximum absolute atomic E-state index is 12.2. The van der Waals surface area contributed by atoms with Gasteiger partial charge in [-0.15, -0.1) is 11.3 Å². The molecule has 1 amide bonds. The number of thiophene rings is 1. The summed E-state index contributed by atoms with van der Waals surface area (Å²) in [7, 11) is 0. The van der Waals surface area contributed by atoms with E-state index in [1.54, 1.807) is 16.3 Å². The first-order valence-electron chi connectivity index (χ1n) is 5.63. The van der Waals surface area contributed by atoms with Crippen molar-refractivity contribution in [1.29, 1.82) is 0 Å². The number of carbonyl (C=O) groups excluding carboxylic acids is 1. The topological polar surface area (TPSA) is 78.9 Å². The van der Waals surface area contributed by atoms with Gasteiger partial charge >= 0.3 is 0 Å². The largest absolute Gasteiger partial charge is 0.409 e. The number of hydrogen-bond acceptors (Lipinski definition) is 4. The molecule has 7 heteroatoms. The van der Waals surface area contributed by atoms with Crippen molar-refractivity contribution in [2.75, 3.05) is 13.1 Å². The van der Waals surface area contributed by atoms with E-state index in [0.29, 0.717) is 23.0 Å². The Balaban J connectivity index is 2.10. The zero-order valence-corrected chi connectivity index (χ0v) is 11.2. The third kappa shape index (κ3) is 2.59. The zero-order valence-electron chi connectivity index (χ0n) is 9.67. The van der Waals surface area contributed by atoms with Gasteiger partial charge in [-0.05, 0) is 24.3 Å². The van der Waals surface area contributed by atoms with E-state index in [4.69, 9.17) is 22.5 Å². The fourth-order valence-corrected chi connectivity index (χ4v) is 3.18. The first-order chi connectivity index (χ1) is 8.63. The van der Waals surface area contributed by atoms with Gasteiger partial charge in [0.2, 0.25) is 0 Å². The number of hydrogen-bond donors (Lipinski definition) is 2. The fraction of sp³-hybridized carbons (Fsp3) is 0.455. The van der Waals surface area contributed by atoms with Crippen LogP contribution in [0.4, 0.5) is 0 Å². The van der Waals surface area contributed by atoms with E-state index < -0.39 is 0 Å². The minimum atomic E-state index is -0.0783. The summed E-state index contributed by atoms with van der Waals surface area (Å²) in [6.07, 6.45) is 1.67. The van der Waals surface area contributed by atoms with Gasteiger partial charge in [-0.2, -0.15) is 0 Å². The maximum Gasteiger partial charge on any atom is 0.265 e. The van der Waals surface area contributed by atoms with Crippen LogP contribution in [0.5, 0.6) is 0 Å². The summed E-state index contributed by atoms with van der Waals surface area (Å²) in [5.41, 5.74) is 5.60. The average Bonchev–Trinajstić information content (AvgIpc) is 2.83. The zero-order chi connectivity index (χ0) is 13.1. The average molecular weight is 288 g/mol. The summed E-state index contributed by atoms with van der Waals surface area (Å²) in [6, 6.07) is 1.71. The minimum absolute atomic E-state index is 0.0774. The van der Waals surface area contributed by atoms with Crippen LogP contribution in [0.2, 0.25) is 5.02 Å². The number of likely N-dealkylation sites (tertiary alicyclic amines) is 1. The SMILES string of the molecule is N/C(=N/O)C1CCCN(C(=O)c2sccc2Cl)C1. The van der Waals surface area contributed by atoms with Gasteiger partial charge in [0.05, 0.1) is 5.02 Å². The fourth-order valence-electron chi connectivity index (χ4n) is 2.07. The van der Waals surface area contributed by atoms with Crippen molar-refractivity contribution in [3.63, 3.8) is 0 Å². The monoisotopic (exact) mass is 287 g/mol. The van der Waals surface area contributed by atoms with Crippen molar-refractivity contribution in [1.82, 2.24) is 4.90 Å². The van der Waals surface area contributed by atoms with Crippen molar-refractivity contribution >= 4 is 34.7 Å². The van der Waals surface area contributed by atoms with Crippen LogP contribution in [0.15, 0.2) is 16.6 Å².